The van der Waals surface area contributed by atoms with Crippen LogP contribution in [0.15, 0.2) is 47.3 Å². The van der Waals surface area contributed by atoms with Gasteiger partial charge < -0.3 is 23.6 Å². The van der Waals surface area contributed by atoms with E-state index in [1.54, 1.807) is 59.6 Å². The molecule has 1 N–H and O–H groups in total. The van der Waals surface area contributed by atoms with Gasteiger partial charge in [-0.1, -0.05) is 6.07 Å². The molecule has 0 fully saturated rings. The third kappa shape index (κ3) is 4.66. The fourth-order valence-electron chi connectivity index (χ4n) is 3.75. The van der Waals surface area contributed by atoms with Gasteiger partial charge in [0, 0.05) is 13.2 Å². The van der Waals surface area contributed by atoms with Gasteiger partial charge in [0.15, 0.2) is 21.4 Å². The Bertz CT molecular complexity index is 1420. The Morgan fingerprint density at radius 2 is 1.80 bits per heavy atom. The van der Waals surface area contributed by atoms with Crippen LogP contribution in [0.25, 0.3) is 17.3 Å². The number of imidazole rings is 1. The number of hydrogen-bond acceptors (Lipinski definition) is 9. The highest BCUT2D eigenvalue weighted by Crippen LogP contribution is 2.37. The van der Waals surface area contributed by atoms with E-state index in [-0.39, 0.29) is 17.3 Å². The molecule has 3 heterocycles. The summed E-state index contributed by atoms with van der Waals surface area (Å²) in [6, 6.07) is 8.70. The van der Waals surface area contributed by atoms with Crippen LogP contribution in [-0.2, 0) is 22.6 Å². The molecule has 2 atom stereocenters. The molecule has 4 aromatic rings. The first kappa shape index (κ1) is 24.5. The van der Waals surface area contributed by atoms with Gasteiger partial charge in [0.1, 0.15) is 34.8 Å². The molecule has 11 nitrogen and oxygen atoms in total. The third-order valence-electron chi connectivity index (χ3n) is 5.69. The fraction of sp³-hybridized carbons (Fsp3) is 0.348. The molecular weight excluding hydrogens is 474 g/mol. The highest BCUT2D eigenvalue weighted by Gasteiger charge is 2.34. The van der Waals surface area contributed by atoms with E-state index in [1.165, 1.54) is 27.5 Å². The molecule has 186 valence electrons. The summed E-state index contributed by atoms with van der Waals surface area (Å²) in [5, 5.41) is 18.0. The van der Waals surface area contributed by atoms with Crippen LogP contribution < -0.4 is 9.47 Å². The number of benzene rings is 1. The monoisotopic (exact) mass is 501 g/mol. The van der Waals surface area contributed by atoms with Gasteiger partial charge in [-0.15, -0.1) is 10.2 Å². The summed E-state index contributed by atoms with van der Waals surface area (Å²) in [4.78, 5) is 4.08. The summed E-state index contributed by atoms with van der Waals surface area (Å²) in [6.07, 6.45) is 1.77. The molecule has 3 aromatic heterocycles. The second-order valence-corrected chi connectivity index (χ2v) is 10.5. The second kappa shape index (κ2) is 9.55. The van der Waals surface area contributed by atoms with E-state index >= 15 is 0 Å². The number of nitrogens with zero attached hydrogens (tertiary/aromatic N) is 5. The Kier molecular flexibility index (Phi) is 6.68. The number of ether oxygens (including phenoxy) is 2. The smallest absolute Gasteiger partial charge is 0.204 e. The Morgan fingerprint density at radius 3 is 2.34 bits per heavy atom. The van der Waals surface area contributed by atoms with Gasteiger partial charge in [-0.3, -0.25) is 4.57 Å². The molecule has 0 aliphatic rings. The van der Waals surface area contributed by atoms with Crippen molar-refractivity contribution in [2.75, 3.05) is 14.2 Å². The maximum absolute atomic E-state index is 13.4. The largest absolute Gasteiger partial charge is 0.494 e. The highest BCUT2D eigenvalue weighted by atomic mass is 32.2. The zero-order valence-electron chi connectivity index (χ0n) is 20.0. The number of hydrogen-bond donors (Lipinski definition) is 1. The lowest BCUT2D eigenvalue weighted by molar-refractivity contribution is 0.171. The van der Waals surface area contributed by atoms with Crippen molar-refractivity contribution in [1.29, 1.82) is 0 Å². The van der Waals surface area contributed by atoms with Crippen LogP contribution >= 0.6 is 0 Å². The number of rotatable bonds is 9. The molecule has 0 bridgehead atoms. The van der Waals surface area contributed by atoms with Crippen LogP contribution in [-0.4, -0.2) is 57.3 Å². The molecule has 0 aliphatic heterocycles. The summed E-state index contributed by atoms with van der Waals surface area (Å²) < 4.78 is 46.9. The number of sulfone groups is 1. The average molecular weight is 502 g/mol. The summed E-state index contributed by atoms with van der Waals surface area (Å²) >= 11 is 0. The van der Waals surface area contributed by atoms with E-state index in [9.17, 15) is 13.5 Å². The lowest BCUT2D eigenvalue weighted by atomic mass is 10.2. The maximum Gasteiger partial charge on any atom is 0.204 e. The predicted molar refractivity (Wildman–Crippen MR) is 127 cm³/mol. The van der Waals surface area contributed by atoms with Crippen LogP contribution in [0.4, 0.5) is 0 Å². The third-order valence-corrected chi connectivity index (χ3v) is 7.74. The van der Waals surface area contributed by atoms with Gasteiger partial charge >= 0.3 is 0 Å². The molecule has 12 heteroatoms. The summed E-state index contributed by atoms with van der Waals surface area (Å²) in [5.41, 5.74) is 0.692. The first-order chi connectivity index (χ1) is 16.7. The van der Waals surface area contributed by atoms with Crippen molar-refractivity contribution in [3.63, 3.8) is 0 Å². The Hall–Kier alpha value is -3.64. The molecule has 0 unspecified atom stereocenters. The molecule has 0 saturated heterocycles. The van der Waals surface area contributed by atoms with Crippen LogP contribution in [0.3, 0.4) is 0 Å². The van der Waals surface area contributed by atoms with Gasteiger partial charge in [-0.25, -0.2) is 13.4 Å². The van der Waals surface area contributed by atoms with Crippen LogP contribution in [0, 0.1) is 6.92 Å². The number of methoxy groups -OCH3 is 2. The molecule has 0 spiro atoms. The highest BCUT2D eigenvalue weighted by molar-refractivity contribution is 7.91. The number of furan rings is 1. The Balaban J connectivity index is 1.83. The van der Waals surface area contributed by atoms with Gasteiger partial charge in [0.2, 0.25) is 5.82 Å². The Morgan fingerprint density at radius 1 is 1.11 bits per heavy atom. The lowest BCUT2D eigenvalue weighted by Gasteiger charge is -2.19. The molecule has 4 rings (SSSR count). The average Bonchev–Trinajstić information content (AvgIpc) is 3.57. The van der Waals surface area contributed by atoms with Crippen molar-refractivity contribution < 1.29 is 27.4 Å². The van der Waals surface area contributed by atoms with Crippen molar-refractivity contribution in [1.82, 2.24) is 24.3 Å². The van der Waals surface area contributed by atoms with Crippen LogP contribution in [0.1, 0.15) is 30.3 Å². The van der Waals surface area contributed by atoms with E-state index in [1.807, 2.05) is 0 Å². The van der Waals surface area contributed by atoms with Crippen molar-refractivity contribution in [3.05, 3.63) is 60.1 Å². The predicted octanol–water partition coefficient (Wildman–Crippen LogP) is 2.62. The molecular formula is C23H27N5O6S. The van der Waals surface area contributed by atoms with Gasteiger partial charge in [-0.2, -0.15) is 0 Å². The second-order valence-electron chi connectivity index (χ2n) is 8.12. The van der Waals surface area contributed by atoms with E-state index in [2.05, 4.69) is 15.2 Å². The van der Waals surface area contributed by atoms with Gasteiger partial charge in [0.25, 0.3) is 0 Å². The van der Waals surface area contributed by atoms with Gasteiger partial charge in [-0.05, 0) is 38.1 Å². The number of aromatic nitrogens is 5. The van der Waals surface area contributed by atoms with Gasteiger partial charge in [0.05, 0.1) is 31.5 Å². The standard InChI is InChI=1S/C23H27N5O6S/c1-14-9-10-19(34-14)23-26-25-20(28(23)21-17(32-4)7-6-8-18(21)33-5)12-35(30,31)15(2)22(29)16-11-27(3)13-24-16/h6-11,13,15,22,29H,12H2,1-5H3/t15-,22+/m0/s1. The number of para-hydroxylation sites is 1. The first-order valence-corrected chi connectivity index (χ1v) is 12.5. The SMILES string of the molecule is COc1cccc(OC)c1-n1c(CS(=O)(=O)[C@@H](C)[C@@H](O)c2cn(C)cn2)nnc1-c1ccc(C)o1. The molecule has 0 aliphatic carbocycles. The minimum absolute atomic E-state index is 0.108. The maximum atomic E-state index is 13.4. The van der Waals surface area contributed by atoms with Crippen molar-refractivity contribution in [2.24, 2.45) is 7.05 Å². The zero-order chi connectivity index (χ0) is 25.3. The zero-order valence-corrected chi connectivity index (χ0v) is 20.9. The molecule has 0 radical (unpaired) electrons. The minimum Gasteiger partial charge on any atom is -0.494 e. The molecule has 1 aromatic carbocycles. The summed E-state index contributed by atoms with van der Waals surface area (Å²) in [6.45, 7) is 3.23. The van der Waals surface area contributed by atoms with E-state index in [0.29, 0.717) is 28.7 Å². The normalized spacial score (nSPS) is 13.5. The summed E-state index contributed by atoms with van der Waals surface area (Å²) in [5.74, 6) is 1.78. The number of aliphatic hydroxyl groups is 1. The lowest BCUT2D eigenvalue weighted by Crippen LogP contribution is -2.28. The molecule has 0 saturated carbocycles. The topological polar surface area (TPSA) is 134 Å². The van der Waals surface area contributed by atoms with Crippen molar-refractivity contribution >= 4 is 9.84 Å². The van der Waals surface area contributed by atoms with E-state index in [4.69, 9.17) is 13.9 Å². The van der Waals surface area contributed by atoms with Crippen molar-refractivity contribution in [3.8, 4) is 28.8 Å². The van der Waals surface area contributed by atoms with Crippen LogP contribution in [0.2, 0.25) is 0 Å². The van der Waals surface area contributed by atoms with Crippen molar-refractivity contribution in [2.45, 2.75) is 31.0 Å². The minimum atomic E-state index is -3.92. The molecule has 35 heavy (non-hydrogen) atoms. The first-order valence-electron chi connectivity index (χ1n) is 10.8. The molecule has 0 amide bonds. The number of aryl methyl sites for hydroxylation is 2. The van der Waals surface area contributed by atoms with E-state index < -0.39 is 26.9 Å². The van der Waals surface area contributed by atoms with E-state index in [0.717, 1.165) is 0 Å². The Labute approximate surface area is 202 Å². The van der Waals surface area contributed by atoms with Crippen LogP contribution in [0.5, 0.6) is 11.5 Å². The quantitative estimate of drug-likeness (QED) is 0.367. The number of aliphatic hydroxyl groups excluding tert-OH is 1. The fourth-order valence-corrected chi connectivity index (χ4v) is 5.09. The summed E-state index contributed by atoms with van der Waals surface area (Å²) in [7, 11) is 0.822.